The largest absolute Gasteiger partial charge is 0.496 e. The molecule has 2 N–H and O–H groups in total. The number of methoxy groups -OCH3 is 1. The quantitative estimate of drug-likeness (QED) is 0.794. The predicted octanol–water partition coefficient (Wildman–Crippen LogP) is 3.43. The van der Waals surface area contributed by atoms with Crippen molar-refractivity contribution in [1.82, 2.24) is 15.1 Å². The van der Waals surface area contributed by atoms with E-state index in [9.17, 15) is 9.18 Å². The Morgan fingerprint density at radius 1 is 1.31 bits per heavy atom. The third-order valence-electron chi connectivity index (χ3n) is 4.62. The first-order valence-corrected chi connectivity index (χ1v) is 9.07. The SMILES string of the molecule is COc1ccc(F)cc1-c1cc(NC(=O)CCCN2CCCCC2)n[nH]1. The number of carbonyl (C=O) groups is 1. The number of halogens is 1. The lowest BCUT2D eigenvalue weighted by Gasteiger charge is -2.26. The van der Waals surface area contributed by atoms with E-state index >= 15 is 0 Å². The van der Waals surface area contributed by atoms with E-state index in [1.807, 2.05) is 0 Å². The Morgan fingerprint density at radius 2 is 2.12 bits per heavy atom. The molecule has 1 aliphatic rings. The molecule has 1 aromatic carbocycles. The number of nitrogens with zero attached hydrogens (tertiary/aromatic N) is 2. The lowest BCUT2D eigenvalue weighted by molar-refractivity contribution is -0.116. The summed E-state index contributed by atoms with van der Waals surface area (Å²) in [5.74, 6) is 0.536. The molecule has 6 nitrogen and oxygen atoms in total. The average Bonchev–Trinajstić information content (AvgIpc) is 3.11. The van der Waals surface area contributed by atoms with E-state index < -0.39 is 0 Å². The summed E-state index contributed by atoms with van der Waals surface area (Å²) < 4.78 is 18.8. The van der Waals surface area contributed by atoms with Crippen molar-refractivity contribution in [1.29, 1.82) is 0 Å². The van der Waals surface area contributed by atoms with Crippen LogP contribution in [0.3, 0.4) is 0 Å². The molecule has 2 aromatic rings. The highest BCUT2D eigenvalue weighted by atomic mass is 19.1. The van der Waals surface area contributed by atoms with Gasteiger partial charge in [-0.1, -0.05) is 6.42 Å². The van der Waals surface area contributed by atoms with E-state index in [1.165, 1.54) is 38.5 Å². The maximum atomic E-state index is 13.5. The Bertz CT molecular complexity index is 741. The highest BCUT2D eigenvalue weighted by Gasteiger charge is 2.13. The van der Waals surface area contributed by atoms with Crippen LogP contribution in [0, 0.1) is 5.82 Å². The summed E-state index contributed by atoms with van der Waals surface area (Å²) in [6.45, 7) is 3.24. The van der Waals surface area contributed by atoms with Crippen molar-refractivity contribution < 1.29 is 13.9 Å². The minimum absolute atomic E-state index is 0.0636. The van der Waals surface area contributed by atoms with E-state index in [0.717, 1.165) is 26.1 Å². The maximum Gasteiger partial charge on any atom is 0.225 e. The van der Waals surface area contributed by atoms with Gasteiger partial charge in [-0.05, 0) is 57.1 Å². The molecule has 1 fully saturated rings. The number of aromatic nitrogens is 2. The van der Waals surface area contributed by atoms with Crippen molar-refractivity contribution in [3.63, 3.8) is 0 Å². The first-order chi connectivity index (χ1) is 12.7. The fourth-order valence-corrected chi connectivity index (χ4v) is 3.27. The van der Waals surface area contributed by atoms with Gasteiger partial charge in [-0.15, -0.1) is 0 Å². The van der Waals surface area contributed by atoms with Gasteiger partial charge < -0.3 is 15.0 Å². The standard InChI is InChI=1S/C19H25FN4O2/c1-26-17-8-7-14(20)12-15(17)16-13-18(23-22-16)21-19(25)6-5-11-24-9-3-2-4-10-24/h7-8,12-13H,2-6,9-11H2,1H3,(H2,21,22,23,25). The Kier molecular flexibility index (Phi) is 6.22. The molecule has 1 aliphatic heterocycles. The molecule has 1 saturated heterocycles. The van der Waals surface area contributed by atoms with Gasteiger partial charge >= 0.3 is 0 Å². The number of carbonyl (C=O) groups excluding carboxylic acids is 1. The van der Waals surface area contributed by atoms with Crippen LogP contribution in [0.4, 0.5) is 10.2 Å². The molecule has 1 aromatic heterocycles. The van der Waals surface area contributed by atoms with Gasteiger partial charge in [0.05, 0.1) is 12.8 Å². The monoisotopic (exact) mass is 360 g/mol. The number of H-pyrrole nitrogens is 1. The fraction of sp³-hybridized carbons (Fsp3) is 0.474. The maximum absolute atomic E-state index is 13.5. The first kappa shape index (κ1) is 18.4. The topological polar surface area (TPSA) is 70.2 Å². The summed E-state index contributed by atoms with van der Waals surface area (Å²) in [6.07, 6.45) is 5.12. The average molecular weight is 360 g/mol. The zero-order chi connectivity index (χ0) is 18.4. The Morgan fingerprint density at radius 3 is 2.88 bits per heavy atom. The second-order valence-electron chi connectivity index (χ2n) is 6.57. The van der Waals surface area contributed by atoms with Gasteiger partial charge in [-0.2, -0.15) is 5.10 Å². The molecular weight excluding hydrogens is 335 g/mol. The molecule has 0 unspecified atom stereocenters. The zero-order valence-electron chi connectivity index (χ0n) is 15.1. The van der Waals surface area contributed by atoms with Crippen LogP contribution < -0.4 is 10.1 Å². The number of benzene rings is 1. The van der Waals surface area contributed by atoms with E-state index in [-0.39, 0.29) is 11.7 Å². The molecule has 26 heavy (non-hydrogen) atoms. The lowest BCUT2D eigenvalue weighted by atomic mass is 10.1. The second-order valence-corrected chi connectivity index (χ2v) is 6.57. The zero-order valence-corrected chi connectivity index (χ0v) is 15.1. The summed E-state index contributed by atoms with van der Waals surface area (Å²) >= 11 is 0. The second kappa shape index (κ2) is 8.80. The number of nitrogens with one attached hydrogen (secondary N) is 2. The van der Waals surface area contributed by atoms with E-state index in [4.69, 9.17) is 4.74 Å². The van der Waals surface area contributed by atoms with Crippen molar-refractivity contribution in [2.24, 2.45) is 0 Å². The van der Waals surface area contributed by atoms with Crippen LogP contribution in [0.2, 0.25) is 0 Å². The molecule has 0 aliphatic carbocycles. The number of anilines is 1. The van der Waals surface area contributed by atoms with Crippen LogP contribution >= 0.6 is 0 Å². The molecule has 0 saturated carbocycles. The highest BCUT2D eigenvalue weighted by molar-refractivity contribution is 5.90. The molecule has 0 bridgehead atoms. The first-order valence-electron chi connectivity index (χ1n) is 9.07. The van der Waals surface area contributed by atoms with Crippen molar-refractivity contribution in [3.05, 3.63) is 30.1 Å². The number of aromatic amines is 1. The van der Waals surface area contributed by atoms with Gasteiger partial charge in [0, 0.05) is 18.1 Å². The van der Waals surface area contributed by atoms with Crippen molar-refractivity contribution in [2.75, 3.05) is 32.1 Å². The summed E-state index contributed by atoms with van der Waals surface area (Å²) in [5, 5.41) is 9.70. The molecule has 0 atom stereocenters. The van der Waals surface area contributed by atoms with Gasteiger partial charge in [0.15, 0.2) is 5.82 Å². The minimum atomic E-state index is -0.362. The van der Waals surface area contributed by atoms with E-state index in [0.29, 0.717) is 29.2 Å². The molecule has 140 valence electrons. The summed E-state index contributed by atoms with van der Waals surface area (Å²) in [4.78, 5) is 14.5. The number of ether oxygens (including phenoxy) is 1. The Hall–Kier alpha value is -2.41. The molecule has 7 heteroatoms. The number of amides is 1. The third-order valence-corrected chi connectivity index (χ3v) is 4.62. The van der Waals surface area contributed by atoms with Crippen LogP contribution in [-0.2, 0) is 4.79 Å². The minimum Gasteiger partial charge on any atom is -0.496 e. The molecule has 0 spiro atoms. The van der Waals surface area contributed by atoms with Gasteiger partial charge in [-0.3, -0.25) is 9.89 Å². The van der Waals surface area contributed by atoms with Crippen LogP contribution in [0.15, 0.2) is 24.3 Å². The van der Waals surface area contributed by atoms with E-state index in [2.05, 4.69) is 20.4 Å². The summed E-state index contributed by atoms with van der Waals surface area (Å²) in [6, 6.07) is 5.95. The molecule has 0 radical (unpaired) electrons. The number of hydrogen-bond donors (Lipinski definition) is 2. The van der Waals surface area contributed by atoms with Gasteiger partial charge in [0.2, 0.25) is 5.91 Å². The van der Waals surface area contributed by atoms with Crippen LogP contribution in [0.25, 0.3) is 11.3 Å². The third kappa shape index (κ3) is 4.82. The number of piperidine rings is 1. The number of rotatable bonds is 7. The van der Waals surface area contributed by atoms with Gasteiger partial charge in [0.1, 0.15) is 11.6 Å². The van der Waals surface area contributed by atoms with Gasteiger partial charge in [0.25, 0.3) is 0 Å². The van der Waals surface area contributed by atoms with Crippen molar-refractivity contribution in [2.45, 2.75) is 32.1 Å². The lowest BCUT2D eigenvalue weighted by Crippen LogP contribution is -2.31. The Balaban J connectivity index is 1.53. The highest BCUT2D eigenvalue weighted by Crippen LogP contribution is 2.30. The molecule has 3 rings (SSSR count). The summed E-state index contributed by atoms with van der Waals surface area (Å²) in [7, 11) is 1.53. The van der Waals surface area contributed by atoms with E-state index in [1.54, 1.807) is 12.1 Å². The molecule has 1 amide bonds. The number of likely N-dealkylation sites (tertiary alicyclic amines) is 1. The van der Waals surface area contributed by atoms with Crippen molar-refractivity contribution >= 4 is 11.7 Å². The molecule has 2 heterocycles. The Labute approximate surface area is 152 Å². The van der Waals surface area contributed by atoms with Crippen LogP contribution in [-0.4, -0.2) is 47.7 Å². The fourth-order valence-electron chi connectivity index (χ4n) is 3.27. The molecular formula is C19H25FN4O2. The van der Waals surface area contributed by atoms with Crippen LogP contribution in [0.1, 0.15) is 32.1 Å². The van der Waals surface area contributed by atoms with Crippen LogP contribution in [0.5, 0.6) is 5.75 Å². The normalized spacial score (nSPS) is 15.0. The van der Waals surface area contributed by atoms with Gasteiger partial charge in [-0.25, -0.2) is 4.39 Å². The predicted molar refractivity (Wildman–Crippen MR) is 98.7 cm³/mol. The number of hydrogen-bond acceptors (Lipinski definition) is 4. The summed E-state index contributed by atoms with van der Waals surface area (Å²) in [5.41, 5.74) is 1.15. The van der Waals surface area contributed by atoms with Crippen molar-refractivity contribution in [3.8, 4) is 17.0 Å². The smallest absolute Gasteiger partial charge is 0.225 e.